The average Bonchev–Trinajstić information content (AvgIpc) is 2.32. The standard InChI is InChI=1S/C12H14FNO3/c1-2-17-12(15)8-7-11(14-16)9-3-5-10(13)6-4-9/h3-6,11H,2,7-8H2,1H3. The van der Waals surface area contributed by atoms with Gasteiger partial charge in [0, 0.05) is 6.42 Å². The summed E-state index contributed by atoms with van der Waals surface area (Å²) in [6.45, 7) is 2.03. The van der Waals surface area contributed by atoms with Crippen LogP contribution in [0.1, 0.15) is 31.4 Å². The van der Waals surface area contributed by atoms with Crippen LogP contribution >= 0.6 is 0 Å². The highest BCUT2D eigenvalue weighted by molar-refractivity contribution is 5.69. The van der Waals surface area contributed by atoms with Crippen molar-refractivity contribution >= 4 is 5.97 Å². The molecule has 0 amide bonds. The zero-order chi connectivity index (χ0) is 12.7. The third-order valence-corrected chi connectivity index (χ3v) is 2.31. The molecule has 0 aliphatic heterocycles. The Hall–Kier alpha value is -1.78. The molecule has 0 spiro atoms. The van der Waals surface area contributed by atoms with Gasteiger partial charge in [-0.05, 0) is 31.0 Å². The number of nitroso groups, excluding NO2 is 1. The SMILES string of the molecule is CCOC(=O)CCC(N=O)c1ccc(F)cc1. The number of carbonyl (C=O) groups excluding carboxylic acids is 1. The number of benzene rings is 1. The maximum atomic E-state index is 12.7. The Kier molecular flexibility index (Phi) is 5.26. The fourth-order valence-electron chi connectivity index (χ4n) is 1.45. The highest BCUT2D eigenvalue weighted by atomic mass is 19.1. The molecule has 1 atom stereocenters. The lowest BCUT2D eigenvalue weighted by molar-refractivity contribution is -0.143. The van der Waals surface area contributed by atoms with E-state index in [9.17, 15) is 14.1 Å². The van der Waals surface area contributed by atoms with Gasteiger partial charge in [0.05, 0.1) is 6.61 Å². The van der Waals surface area contributed by atoms with Gasteiger partial charge in [0.15, 0.2) is 0 Å². The number of rotatable bonds is 6. The molecule has 1 aromatic carbocycles. The van der Waals surface area contributed by atoms with Gasteiger partial charge in [-0.2, -0.15) is 4.91 Å². The van der Waals surface area contributed by atoms with E-state index in [1.807, 2.05) is 0 Å². The van der Waals surface area contributed by atoms with Crippen molar-refractivity contribution in [3.63, 3.8) is 0 Å². The van der Waals surface area contributed by atoms with Crippen molar-refractivity contribution in [1.29, 1.82) is 0 Å². The molecule has 0 aromatic heterocycles. The molecule has 1 rings (SSSR count). The van der Waals surface area contributed by atoms with Gasteiger partial charge >= 0.3 is 5.97 Å². The number of halogens is 1. The van der Waals surface area contributed by atoms with E-state index in [0.717, 1.165) is 0 Å². The van der Waals surface area contributed by atoms with Crippen LogP contribution in [0.25, 0.3) is 0 Å². The molecule has 5 heteroatoms. The largest absolute Gasteiger partial charge is 0.466 e. The van der Waals surface area contributed by atoms with E-state index >= 15 is 0 Å². The summed E-state index contributed by atoms with van der Waals surface area (Å²) in [5, 5.41) is 2.94. The van der Waals surface area contributed by atoms with E-state index in [-0.39, 0.29) is 24.6 Å². The molecule has 0 fully saturated rings. The second kappa shape index (κ2) is 6.73. The van der Waals surface area contributed by atoms with Gasteiger partial charge in [0.25, 0.3) is 0 Å². The summed E-state index contributed by atoms with van der Waals surface area (Å²) in [7, 11) is 0. The molecule has 1 unspecified atom stereocenters. The molecule has 17 heavy (non-hydrogen) atoms. The van der Waals surface area contributed by atoms with Gasteiger partial charge in [-0.15, -0.1) is 0 Å². The van der Waals surface area contributed by atoms with Crippen LogP contribution in [-0.4, -0.2) is 12.6 Å². The number of hydrogen-bond donors (Lipinski definition) is 0. The summed E-state index contributed by atoms with van der Waals surface area (Å²) in [5.74, 6) is -0.730. The van der Waals surface area contributed by atoms with Gasteiger partial charge in [-0.25, -0.2) is 4.39 Å². The lowest BCUT2D eigenvalue weighted by Crippen LogP contribution is -2.06. The molecule has 0 aliphatic rings. The Labute approximate surface area is 98.8 Å². The van der Waals surface area contributed by atoms with Crippen molar-refractivity contribution in [1.82, 2.24) is 0 Å². The van der Waals surface area contributed by atoms with Crippen molar-refractivity contribution in [2.75, 3.05) is 6.61 Å². The Morgan fingerprint density at radius 3 is 2.59 bits per heavy atom. The summed E-state index contributed by atoms with van der Waals surface area (Å²) in [6, 6.07) is 4.87. The van der Waals surface area contributed by atoms with Crippen molar-refractivity contribution in [3.8, 4) is 0 Å². The van der Waals surface area contributed by atoms with E-state index in [1.54, 1.807) is 6.92 Å². The third kappa shape index (κ3) is 4.30. The van der Waals surface area contributed by atoms with Gasteiger partial charge < -0.3 is 4.74 Å². The van der Waals surface area contributed by atoms with Crippen LogP contribution in [0.15, 0.2) is 29.4 Å². The average molecular weight is 239 g/mol. The first kappa shape index (κ1) is 13.3. The summed E-state index contributed by atoms with van der Waals surface area (Å²) < 4.78 is 17.4. The molecule has 4 nitrogen and oxygen atoms in total. The summed E-state index contributed by atoms with van der Waals surface area (Å²) in [6.07, 6.45) is 0.398. The number of nitrogens with zero attached hydrogens (tertiary/aromatic N) is 1. The smallest absolute Gasteiger partial charge is 0.305 e. The number of hydrogen-bond acceptors (Lipinski definition) is 4. The molecule has 1 aromatic rings. The second-order valence-electron chi connectivity index (χ2n) is 3.52. The number of esters is 1. The van der Waals surface area contributed by atoms with Crippen LogP contribution in [0.5, 0.6) is 0 Å². The van der Waals surface area contributed by atoms with Gasteiger partial charge in [-0.3, -0.25) is 4.79 Å². The van der Waals surface area contributed by atoms with E-state index in [0.29, 0.717) is 12.2 Å². The Morgan fingerprint density at radius 1 is 1.41 bits per heavy atom. The number of carbonyl (C=O) groups is 1. The topological polar surface area (TPSA) is 55.7 Å². The highest BCUT2D eigenvalue weighted by Crippen LogP contribution is 2.22. The quantitative estimate of drug-likeness (QED) is 0.566. The molecule has 0 radical (unpaired) electrons. The normalized spacial score (nSPS) is 11.9. The van der Waals surface area contributed by atoms with Crippen LogP contribution in [0, 0.1) is 10.7 Å². The Bertz CT molecular complexity index is 378. The maximum absolute atomic E-state index is 12.7. The van der Waals surface area contributed by atoms with Gasteiger partial charge in [-0.1, -0.05) is 17.3 Å². The molecule has 0 aliphatic carbocycles. The third-order valence-electron chi connectivity index (χ3n) is 2.31. The summed E-state index contributed by atoms with van der Waals surface area (Å²) in [5.41, 5.74) is 0.602. The fraction of sp³-hybridized carbons (Fsp3) is 0.417. The first-order valence-corrected chi connectivity index (χ1v) is 5.41. The molecule has 0 N–H and O–H groups in total. The Morgan fingerprint density at radius 2 is 2.06 bits per heavy atom. The monoisotopic (exact) mass is 239 g/mol. The van der Waals surface area contributed by atoms with Gasteiger partial charge in [0.1, 0.15) is 11.9 Å². The van der Waals surface area contributed by atoms with Crippen molar-refractivity contribution in [3.05, 3.63) is 40.6 Å². The molecule has 0 saturated heterocycles. The van der Waals surface area contributed by atoms with Crippen LogP contribution in [0.2, 0.25) is 0 Å². The van der Waals surface area contributed by atoms with E-state index in [4.69, 9.17) is 4.74 Å². The van der Waals surface area contributed by atoms with E-state index < -0.39 is 6.04 Å². The minimum absolute atomic E-state index is 0.127. The molecule has 0 bridgehead atoms. The fourth-order valence-corrected chi connectivity index (χ4v) is 1.45. The van der Waals surface area contributed by atoms with E-state index in [1.165, 1.54) is 24.3 Å². The Balaban J connectivity index is 2.57. The summed E-state index contributed by atoms with van der Waals surface area (Å²) in [4.78, 5) is 21.8. The van der Waals surface area contributed by atoms with Crippen LogP contribution in [0.3, 0.4) is 0 Å². The zero-order valence-electron chi connectivity index (χ0n) is 9.56. The molecule has 0 saturated carbocycles. The van der Waals surface area contributed by atoms with Gasteiger partial charge in [0.2, 0.25) is 0 Å². The minimum atomic E-state index is -0.639. The summed E-state index contributed by atoms with van der Waals surface area (Å²) >= 11 is 0. The molecular formula is C12H14FNO3. The molecular weight excluding hydrogens is 225 g/mol. The molecule has 0 heterocycles. The van der Waals surface area contributed by atoms with Crippen LogP contribution in [-0.2, 0) is 9.53 Å². The number of ether oxygens (including phenoxy) is 1. The predicted octanol–water partition coefficient (Wildman–Crippen LogP) is 2.98. The van der Waals surface area contributed by atoms with Crippen molar-refractivity contribution < 1.29 is 13.9 Å². The van der Waals surface area contributed by atoms with Crippen molar-refractivity contribution in [2.45, 2.75) is 25.8 Å². The van der Waals surface area contributed by atoms with E-state index in [2.05, 4.69) is 5.18 Å². The lowest BCUT2D eigenvalue weighted by atomic mass is 10.0. The first-order chi connectivity index (χ1) is 8.17. The highest BCUT2D eigenvalue weighted by Gasteiger charge is 2.14. The predicted molar refractivity (Wildman–Crippen MR) is 60.8 cm³/mol. The minimum Gasteiger partial charge on any atom is -0.466 e. The first-order valence-electron chi connectivity index (χ1n) is 5.41. The maximum Gasteiger partial charge on any atom is 0.305 e. The van der Waals surface area contributed by atoms with Crippen LogP contribution in [0.4, 0.5) is 4.39 Å². The zero-order valence-corrected chi connectivity index (χ0v) is 9.56. The van der Waals surface area contributed by atoms with Crippen molar-refractivity contribution in [2.24, 2.45) is 5.18 Å². The van der Waals surface area contributed by atoms with Crippen LogP contribution < -0.4 is 0 Å². The molecule has 92 valence electrons. The second-order valence-corrected chi connectivity index (χ2v) is 3.52. The lowest BCUT2D eigenvalue weighted by Gasteiger charge is -2.08.